The maximum absolute atomic E-state index is 14.3. The molecule has 0 fully saturated rings. The number of benzene rings is 4. The number of aliphatic hydroxyl groups excluding tert-OH is 1. The molecule has 1 unspecified atom stereocenters. The van der Waals surface area contributed by atoms with Crippen LogP contribution in [0.25, 0.3) is 0 Å². The van der Waals surface area contributed by atoms with Crippen LogP contribution in [0.2, 0.25) is 0 Å². The van der Waals surface area contributed by atoms with E-state index in [1.54, 1.807) is 31.2 Å². The Morgan fingerprint density at radius 1 is 0.822 bits per heavy atom. The summed E-state index contributed by atoms with van der Waals surface area (Å²) in [6, 6.07) is 26.1. The minimum atomic E-state index is -1.30. The fourth-order valence-corrected chi connectivity index (χ4v) is 5.32. The summed E-state index contributed by atoms with van der Waals surface area (Å²) < 4.78 is 18.5. The molecule has 0 amide bonds. The Kier molecular flexibility index (Phi) is 9.53. The molecule has 4 aromatic rings. The van der Waals surface area contributed by atoms with Gasteiger partial charge in [-0.1, -0.05) is 91.6 Å². The Labute approximate surface area is 265 Å². The summed E-state index contributed by atoms with van der Waals surface area (Å²) in [7, 11) is 0. The van der Waals surface area contributed by atoms with Crippen molar-refractivity contribution in [2.75, 3.05) is 0 Å². The van der Waals surface area contributed by atoms with E-state index in [0.29, 0.717) is 29.9 Å². The molecule has 1 N–H and O–H groups in total. The molecule has 4 aromatic carbocycles. The van der Waals surface area contributed by atoms with E-state index in [1.807, 2.05) is 88.4 Å². The molecular formula is C39H38O6. The number of ether oxygens (including phenoxy) is 3. The van der Waals surface area contributed by atoms with Gasteiger partial charge in [-0.15, -0.1) is 0 Å². The minimum absolute atomic E-state index is 0.108. The zero-order chi connectivity index (χ0) is 32.1. The van der Waals surface area contributed by atoms with E-state index in [1.165, 1.54) is 0 Å². The zero-order valence-electron chi connectivity index (χ0n) is 26.3. The Morgan fingerprint density at radius 3 is 2.09 bits per heavy atom. The molecule has 5 rings (SSSR count). The highest BCUT2D eigenvalue weighted by molar-refractivity contribution is 6.30. The summed E-state index contributed by atoms with van der Waals surface area (Å²) in [5, 5.41) is 11.5. The Morgan fingerprint density at radius 2 is 1.47 bits per heavy atom. The quantitative estimate of drug-likeness (QED) is 0.166. The summed E-state index contributed by atoms with van der Waals surface area (Å²) in [6.45, 7) is 9.92. The zero-order valence-corrected chi connectivity index (χ0v) is 26.3. The van der Waals surface area contributed by atoms with Gasteiger partial charge in [-0.2, -0.15) is 0 Å². The first-order valence-corrected chi connectivity index (χ1v) is 15.2. The van der Waals surface area contributed by atoms with Gasteiger partial charge in [0.05, 0.1) is 23.8 Å². The predicted molar refractivity (Wildman–Crippen MR) is 174 cm³/mol. The summed E-state index contributed by atoms with van der Waals surface area (Å²) in [4.78, 5) is 28.2. The first kappa shape index (κ1) is 31.7. The van der Waals surface area contributed by atoms with Crippen LogP contribution in [0.4, 0.5) is 0 Å². The number of ketones is 2. The molecule has 0 saturated carbocycles. The third-order valence-corrected chi connectivity index (χ3v) is 7.91. The maximum Gasteiger partial charge on any atom is 0.201 e. The lowest BCUT2D eigenvalue weighted by atomic mass is 9.80. The second kappa shape index (κ2) is 13.5. The van der Waals surface area contributed by atoms with Gasteiger partial charge in [0.15, 0.2) is 5.78 Å². The molecule has 6 heteroatoms. The van der Waals surface area contributed by atoms with Crippen molar-refractivity contribution in [3.05, 3.63) is 129 Å². The van der Waals surface area contributed by atoms with E-state index >= 15 is 0 Å². The van der Waals surface area contributed by atoms with Crippen molar-refractivity contribution >= 4 is 11.6 Å². The van der Waals surface area contributed by atoms with Crippen molar-refractivity contribution in [2.24, 2.45) is 0 Å². The number of fused-ring (bicyclic) bond motifs is 2. The van der Waals surface area contributed by atoms with Crippen molar-refractivity contribution in [3.63, 3.8) is 0 Å². The molecule has 0 radical (unpaired) electrons. The first-order valence-electron chi connectivity index (χ1n) is 15.2. The molecule has 0 aromatic heterocycles. The molecule has 1 aliphatic rings. The normalized spacial score (nSPS) is 14.1. The molecule has 0 spiro atoms. The van der Waals surface area contributed by atoms with Crippen LogP contribution in [0.5, 0.6) is 11.5 Å². The first-order chi connectivity index (χ1) is 21.6. The molecule has 45 heavy (non-hydrogen) atoms. The minimum Gasteiger partial charge on any atom is -0.490 e. The van der Waals surface area contributed by atoms with Crippen molar-refractivity contribution < 1.29 is 28.9 Å². The van der Waals surface area contributed by atoms with E-state index in [4.69, 9.17) is 14.2 Å². The van der Waals surface area contributed by atoms with Crippen LogP contribution in [-0.4, -0.2) is 28.4 Å². The fourth-order valence-electron chi connectivity index (χ4n) is 5.32. The molecule has 230 valence electrons. The van der Waals surface area contributed by atoms with Gasteiger partial charge in [-0.3, -0.25) is 9.59 Å². The monoisotopic (exact) mass is 602 g/mol. The summed E-state index contributed by atoms with van der Waals surface area (Å²) in [6.07, 6.45) is -1.06. The van der Waals surface area contributed by atoms with Gasteiger partial charge in [0.25, 0.3) is 0 Å². The number of rotatable bonds is 10. The highest BCUT2D eigenvalue weighted by atomic mass is 16.5. The van der Waals surface area contributed by atoms with Crippen molar-refractivity contribution in [1.29, 1.82) is 0 Å². The van der Waals surface area contributed by atoms with Gasteiger partial charge in [-0.25, -0.2) is 0 Å². The number of carbonyl (C=O) groups is 2. The van der Waals surface area contributed by atoms with Crippen LogP contribution >= 0.6 is 0 Å². The number of hydrogen-bond acceptors (Lipinski definition) is 6. The average Bonchev–Trinajstić information content (AvgIpc) is 3.04. The van der Waals surface area contributed by atoms with Crippen LogP contribution in [0.1, 0.15) is 94.3 Å². The van der Waals surface area contributed by atoms with Crippen LogP contribution < -0.4 is 9.47 Å². The number of aliphatic hydroxyl groups is 1. The smallest absolute Gasteiger partial charge is 0.201 e. The predicted octanol–water partition coefficient (Wildman–Crippen LogP) is 7.56. The van der Waals surface area contributed by atoms with Crippen molar-refractivity contribution in [2.45, 2.75) is 72.1 Å². The average molecular weight is 603 g/mol. The Bertz CT molecular complexity index is 1760. The molecule has 0 heterocycles. The lowest BCUT2D eigenvalue weighted by molar-refractivity contribution is -0.00214. The van der Waals surface area contributed by atoms with E-state index in [9.17, 15) is 14.7 Å². The van der Waals surface area contributed by atoms with E-state index in [-0.39, 0.29) is 46.5 Å². The maximum atomic E-state index is 14.3. The summed E-state index contributed by atoms with van der Waals surface area (Å²) in [5.74, 6) is 5.86. The second-order valence-corrected chi connectivity index (χ2v) is 11.7. The topological polar surface area (TPSA) is 82.1 Å². The lowest BCUT2D eigenvalue weighted by Crippen LogP contribution is -2.26. The molecule has 0 bridgehead atoms. The summed E-state index contributed by atoms with van der Waals surface area (Å²) >= 11 is 0. The van der Waals surface area contributed by atoms with E-state index in [0.717, 1.165) is 11.1 Å². The third kappa shape index (κ3) is 6.86. The second-order valence-electron chi connectivity index (χ2n) is 11.7. The highest BCUT2D eigenvalue weighted by Gasteiger charge is 2.38. The largest absolute Gasteiger partial charge is 0.490 e. The Hall–Kier alpha value is -4.70. The van der Waals surface area contributed by atoms with Gasteiger partial charge in [0.2, 0.25) is 5.78 Å². The van der Waals surface area contributed by atoms with Crippen LogP contribution in [0.15, 0.2) is 84.9 Å². The lowest BCUT2D eigenvalue weighted by Gasteiger charge is -2.27. The Balaban J connectivity index is 1.53. The third-order valence-electron chi connectivity index (χ3n) is 7.91. The molecule has 0 saturated heterocycles. The van der Waals surface area contributed by atoms with Crippen LogP contribution in [0.3, 0.4) is 0 Å². The van der Waals surface area contributed by atoms with Gasteiger partial charge in [0, 0.05) is 16.7 Å². The van der Waals surface area contributed by atoms with Gasteiger partial charge >= 0.3 is 0 Å². The fraction of sp³-hybridized carbons (Fsp3) is 0.282. The molecule has 1 aliphatic carbocycles. The number of aryl methyl sites for hydroxylation is 1. The highest BCUT2D eigenvalue weighted by Crippen LogP contribution is 2.42. The van der Waals surface area contributed by atoms with Gasteiger partial charge in [0.1, 0.15) is 29.8 Å². The SMILES string of the molecule is CC[C@](C)(C#CC(O)c1c(C)cc2c(c1OC(C)C)C(=O)c1c(OCc3ccccc3)cccc1C2=O)OCc1ccccc1. The standard InChI is InChI=1S/C39H38O6/c1-6-39(5,44-24-28-16-11-8-12-17-28)21-20-31(40)33-26(4)22-30-35(38(33)45-25(2)3)37(42)34-29(36(30)41)18-13-19-32(34)43-23-27-14-9-7-10-15-27/h7-19,22,25,31,40H,6,23-24H2,1-5H3/t31?,39-/m1/s1. The summed E-state index contributed by atoms with van der Waals surface area (Å²) in [5.41, 5.74) is 2.87. The number of carbonyl (C=O) groups excluding carboxylic acids is 2. The molecule has 0 aliphatic heterocycles. The number of hydrogen-bond donors (Lipinski definition) is 1. The van der Waals surface area contributed by atoms with E-state index in [2.05, 4.69) is 11.8 Å². The van der Waals surface area contributed by atoms with E-state index < -0.39 is 17.5 Å². The molecule has 2 atom stereocenters. The molecule has 6 nitrogen and oxygen atoms in total. The van der Waals surface area contributed by atoms with Gasteiger partial charge in [-0.05, 0) is 62.9 Å². The molecular weight excluding hydrogens is 564 g/mol. The van der Waals surface area contributed by atoms with Crippen LogP contribution in [-0.2, 0) is 18.0 Å². The van der Waals surface area contributed by atoms with Crippen molar-refractivity contribution in [3.8, 4) is 23.3 Å². The van der Waals surface area contributed by atoms with Crippen molar-refractivity contribution in [1.82, 2.24) is 0 Å². The van der Waals surface area contributed by atoms with Gasteiger partial charge < -0.3 is 19.3 Å². The van der Waals surface area contributed by atoms with Crippen LogP contribution in [0, 0.1) is 18.8 Å².